The van der Waals surface area contributed by atoms with E-state index >= 15 is 0 Å². The number of carbonyl (C=O) groups excluding carboxylic acids is 2. The maximum atomic E-state index is 12.2. The first-order chi connectivity index (χ1) is 11.8. The topological polar surface area (TPSA) is 46.2 Å². The van der Waals surface area contributed by atoms with Crippen LogP contribution in [0, 0.1) is 11.3 Å². The Bertz CT molecular complexity index is 581. The highest BCUT2D eigenvalue weighted by atomic mass is 32.2. The highest BCUT2D eigenvalue weighted by Gasteiger charge is 2.30. The Hall–Kier alpha value is -1.29. The van der Waals surface area contributed by atoms with Crippen LogP contribution < -0.4 is 5.32 Å². The Morgan fingerprint density at radius 3 is 2.16 bits per heavy atom. The fourth-order valence-corrected chi connectivity index (χ4v) is 3.96. The van der Waals surface area contributed by atoms with E-state index in [1.807, 2.05) is 30.5 Å². The molecule has 1 saturated carbocycles. The van der Waals surface area contributed by atoms with Gasteiger partial charge in [-0.1, -0.05) is 32.9 Å². The number of thioether (sulfide) groups is 1. The van der Waals surface area contributed by atoms with Gasteiger partial charge in [0.2, 0.25) is 5.91 Å². The molecule has 0 unspecified atom stereocenters. The molecule has 0 bridgehead atoms. The molecule has 0 saturated heterocycles. The Kier molecular flexibility index (Phi) is 7.12. The molecule has 138 valence electrons. The molecule has 1 aromatic carbocycles. The van der Waals surface area contributed by atoms with Crippen molar-refractivity contribution in [3.05, 3.63) is 29.8 Å². The summed E-state index contributed by atoms with van der Waals surface area (Å²) in [6.45, 7) is 6.90. The molecular formula is C21H31NO2S. The van der Waals surface area contributed by atoms with Crippen molar-refractivity contribution in [2.75, 3.05) is 6.26 Å². The summed E-state index contributed by atoms with van der Waals surface area (Å²) in [6, 6.07) is 7.87. The van der Waals surface area contributed by atoms with Crippen LogP contribution in [0.3, 0.4) is 0 Å². The molecule has 1 fully saturated rings. The zero-order valence-electron chi connectivity index (χ0n) is 15.9. The standard InChI is InChI=1S/C21H31NO2S/c1-21(2,3)16-7-9-17(10-8-16)22-20(24)14-13-19(23)15-5-11-18(25-4)12-6-15/h5-6,11-12,16-17H,7-10,13-14H2,1-4H3,(H,22,24). The fraction of sp³-hybridized carbons (Fsp3) is 0.619. The van der Waals surface area contributed by atoms with Crippen LogP contribution in [-0.4, -0.2) is 24.0 Å². The first-order valence-electron chi connectivity index (χ1n) is 9.26. The molecule has 1 aliphatic rings. The van der Waals surface area contributed by atoms with Gasteiger partial charge >= 0.3 is 0 Å². The van der Waals surface area contributed by atoms with Crippen LogP contribution in [0.5, 0.6) is 0 Å². The second-order valence-corrected chi connectivity index (χ2v) is 9.01. The number of rotatable bonds is 6. The third-order valence-corrected chi connectivity index (χ3v) is 6.05. The van der Waals surface area contributed by atoms with Crippen LogP contribution in [0.25, 0.3) is 0 Å². The van der Waals surface area contributed by atoms with Crippen molar-refractivity contribution in [2.24, 2.45) is 11.3 Å². The molecule has 0 aromatic heterocycles. The van der Waals surface area contributed by atoms with E-state index in [1.54, 1.807) is 11.8 Å². The lowest BCUT2D eigenvalue weighted by Crippen LogP contribution is -2.39. The second-order valence-electron chi connectivity index (χ2n) is 8.13. The van der Waals surface area contributed by atoms with E-state index in [0.29, 0.717) is 11.0 Å². The molecule has 4 heteroatoms. The van der Waals surface area contributed by atoms with Crippen molar-refractivity contribution >= 4 is 23.5 Å². The molecule has 0 heterocycles. The third kappa shape index (κ3) is 6.18. The molecule has 1 amide bonds. The van der Waals surface area contributed by atoms with Crippen molar-refractivity contribution in [3.63, 3.8) is 0 Å². The molecular weight excluding hydrogens is 330 g/mol. The Morgan fingerprint density at radius 1 is 1.04 bits per heavy atom. The lowest BCUT2D eigenvalue weighted by atomic mass is 9.71. The van der Waals surface area contributed by atoms with Crippen LogP contribution in [0.4, 0.5) is 0 Å². The summed E-state index contributed by atoms with van der Waals surface area (Å²) in [4.78, 5) is 25.5. The van der Waals surface area contributed by atoms with Crippen molar-refractivity contribution in [3.8, 4) is 0 Å². The van der Waals surface area contributed by atoms with Gasteiger partial charge in [-0.2, -0.15) is 0 Å². The number of benzene rings is 1. The third-order valence-electron chi connectivity index (χ3n) is 5.31. The molecule has 2 rings (SSSR count). The number of hydrogen-bond donors (Lipinski definition) is 1. The largest absolute Gasteiger partial charge is 0.353 e. The predicted molar refractivity (Wildman–Crippen MR) is 105 cm³/mol. The Morgan fingerprint density at radius 2 is 1.64 bits per heavy atom. The minimum Gasteiger partial charge on any atom is -0.353 e. The minimum absolute atomic E-state index is 0.00768. The molecule has 0 spiro atoms. The van der Waals surface area contributed by atoms with Crippen LogP contribution >= 0.6 is 11.8 Å². The quantitative estimate of drug-likeness (QED) is 0.567. The van der Waals surface area contributed by atoms with Crippen molar-refractivity contribution in [1.29, 1.82) is 0 Å². The minimum atomic E-state index is 0.00768. The molecule has 0 aliphatic heterocycles. The van der Waals surface area contributed by atoms with Gasteiger partial charge in [0.1, 0.15) is 0 Å². The molecule has 1 N–H and O–H groups in total. The van der Waals surface area contributed by atoms with E-state index in [4.69, 9.17) is 0 Å². The summed E-state index contributed by atoms with van der Waals surface area (Å²) < 4.78 is 0. The molecule has 0 atom stereocenters. The van der Waals surface area contributed by atoms with Gasteiger partial charge in [0.15, 0.2) is 5.78 Å². The fourth-order valence-electron chi connectivity index (χ4n) is 3.55. The van der Waals surface area contributed by atoms with E-state index in [2.05, 4.69) is 26.1 Å². The average molecular weight is 362 g/mol. The first-order valence-corrected chi connectivity index (χ1v) is 10.5. The maximum Gasteiger partial charge on any atom is 0.220 e. The molecule has 25 heavy (non-hydrogen) atoms. The van der Waals surface area contributed by atoms with Gasteiger partial charge in [-0.3, -0.25) is 9.59 Å². The molecule has 1 aromatic rings. The van der Waals surface area contributed by atoms with E-state index in [9.17, 15) is 9.59 Å². The van der Waals surface area contributed by atoms with Gasteiger partial charge in [-0.15, -0.1) is 11.8 Å². The molecule has 0 radical (unpaired) electrons. The maximum absolute atomic E-state index is 12.2. The van der Waals surface area contributed by atoms with E-state index in [0.717, 1.165) is 23.7 Å². The van der Waals surface area contributed by atoms with Gasteiger partial charge in [0.05, 0.1) is 0 Å². The number of nitrogens with one attached hydrogen (secondary N) is 1. The summed E-state index contributed by atoms with van der Waals surface area (Å²) in [5.74, 6) is 0.791. The SMILES string of the molecule is CSc1ccc(C(=O)CCC(=O)NC2CCC(C(C)(C)C)CC2)cc1. The summed E-state index contributed by atoms with van der Waals surface area (Å²) in [5.41, 5.74) is 1.05. The van der Waals surface area contributed by atoms with Gasteiger partial charge in [-0.25, -0.2) is 0 Å². The van der Waals surface area contributed by atoms with E-state index in [1.165, 1.54) is 12.8 Å². The molecule has 1 aliphatic carbocycles. The smallest absolute Gasteiger partial charge is 0.220 e. The first kappa shape index (κ1) is 20.0. The van der Waals surface area contributed by atoms with E-state index in [-0.39, 0.29) is 30.6 Å². The van der Waals surface area contributed by atoms with Crippen LogP contribution in [0.15, 0.2) is 29.2 Å². The van der Waals surface area contributed by atoms with Gasteiger partial charge in [-0.05, 0) is 55.4 Å². The molecule has 3 nitrogen and oxygen atoms in total. The van der Waals surface area contributed by atoms with Gasteiger partial charge < -0.3 is 5.32 Å². The Labute approximate surface area is 156 Å². The van der Waals surface area contributed by atoms with Crippen LogP contribution in [0.2, 0.25) is 0 Å². The average Bonchev–Trinajstić information content (AvgIpc) is 2.59. The number of hydrogen-bond acceptors (Lipinski definition) is 3. The Balaban J connectivity index is 1.73. The van der Waals surface area contributed by atoms with Gasteiger partial charge in [0.25, 0.3) is 0 Å². The highest BCUT2D eigenvalue weighted by Crippen LogP contribution is 2.37. The number of Topliss-reactive ketones (excluding diaryl/α,β-unsaturated/α-hetero) is 1. The highest BCUT2D eigenvalue weighted by molar-refractivity contribution is 7.98. The lowest BCUT2D eigenvalue weighted by molar-refractivity contribution is -0.122. The zero-order chi connectivity index (χ0) is 18.4. The number of carbonyl (C=O) groups is 2. The van der Waals surface area contributed by atoms with Crippen molar-refractivity contribution in [1.82, 2.24) is 5.32 Å². The summed E-state index contributed by atoms with van der Waals surface area (Å²) >= 11 is 1.65. The monoisotopic (exact) mass is 361 g/mol. The zero-order valence-corrected chi connectivity index (χ0v) is 16.7. The van der Waals surface area contributed by atoms with Gasteiger partial charge in [0, 0.05) is 29.3 Å². The summed E-state index contributed by atoms with van der Waals surface area (Å²) in [6.07, 6.45) is 7.03. The predicted octanol–water partition coefficient (Wildman–Crippen LogP) is 5.09. The van der Waals surface area contributed by atoms with Crippen molar-refractivity contribution in [2.45, 2.75) is 70.2 Å². The summed E-state index contributed by atoms with van der Waals surface area (Å²) in [7, 11) is 0. The summed E-state index contributed by atoms with van der Waals surface area (Å²) in [5, 5.41) is 3.12. The van der Waals surface area contributed by atoms with Crippen LogP contribution in [-0.2, 0) is 4.79 Å². The van der Waals surface area contributed by atoms with Crippen LogP contribution in [0.1, 0.15) is 69.7 Å². The number of amides is 1. The van der Waals surface area contributed by atoms with Crippen molar-refractivity contribution < 1.29 is 9.59 Å². The van der Waals surface area contributed by atoms with E-state index < -0.39 is 0 Å². The lowest BCUT2D eigenvalue weighted by Gasteiger charge is -2.37. The number of ketones is 1. The second kappa shape index (κ2) is 8.88. The normalized spacial score (nSPS) is 21.0.